The second kappa shape index (κ2) is 21.9. The van der Waals surface area contributed by atoms with Crippen molar-refractivity contribution in [2.24, 2.45) is 0 Å². The van der Waals surface area contributed by atoms with Gasteiger partial charge in [-0.25, -0.2) is 0 Å². The van der Waals surface area contributed by atoms with Crippen LogP contribution >= 0.6 is 0 Å². The van der Waals surface area contributed by atoms with Gasteiger partial charge in [-0.1, -0.05) is 37.8 Å². The van der Waals surface area contributed by atoms with E-state index in [9.17, 15) is 9.59 Å². The standard InChI is InChI=1S/C33H56N2O6/c36-30(20-9-5-1-3-7-13-24-38-32-22-11-15-26-40-32)34-28-18-17-19-29(28)35-31(37)21-10-6-2-4-8-14-25-39-33-23-12-16-27-41-33/h9-10,20-21,28-29,32-33H,1-8,11-19,22-27H2,(H,34,36)(H,35,37)/t28-,29+,32?,33?. The van der Waals surface area contributed by atoms with E-state index in [4.69, 9.17) is 18.9 Å². The number of carbonyl (C=O) groups is 2. The van der Waals surface area contributed by atoms with Crippen LogP contribution in [0.3, 0.4) is 0 Å². The zero-order valence-electron chi connectivity index (χ0n) is 25.3. The van der Waals surface area contributed by atoms with Crippen molar-refractivity contribution in [3.05, 3.63) is 24.3 Å². The van der Waals surface area contributed by atoms with Crippen molar-refractivity contribution in [1.29, 1.82) is 0 Å². The van der Waals surface area contributed by atoms with E-state index in [1.54, 1.807) is 12.2 Å². The maximum atomic E-state index is 12.4. The lowest BCUT2D eigenvalue weighted by atomic mass is 10.1. The molecule has 234 valence electrons. The van der Waals surface area contributed by atoms with Crippen LogP contribution in [-0.2, 0) is 28.5 Å². The van der Waals surface area contributed by atoms with Crippen LogP contribution in [0.15, 0.2) is 24.3 Å². The summed E-state index contributed by atoms with van der Waals surface area (Å²) in [6.07, 6.45) is 27.4. The number of rotatable bonds is 20. The molecule has 0 aromatic heterocycles. The smallest absolute Gasteiger partial charge is 0.243 e. The van der Waals surface area contributed by atoms with Crippen molar-refractivity contribution < 1.29 is 28.5 Å². The predicted molar refractivity (Wildman–Crippen MR) is 161 cm³/mol. The first-order valence-corrected chi connectivity index (χ1v) is 16.6. The molecule has 0 aromatic carbocycles. The van der Waals surface area contributed by atoms with Gasteiger partial charge in [0.25, 0.3) is 0 Å². The summed E-state index contributed by atoms with van der Waals surface area (Å²) in [5.74, 6) is -0.131. The summed E-state index contributed by atoms with van der Waals surface area (Å²) < 4.78 is 22.7. The number of allylic oxidation sites excluding steroid dienone is 2. The molecule has 2 saturated heterocycles. The zero-order valence-corrected chi connectivity index (χ0v) is 25.3. The van der Waals surface area contributed by atoms with Gasteiger partial charge in [-0.15, -0.1) is 0 Å². The van der Waals surface area contributed by atoms with Crippen LogP contribution < -0.4 is 10.6 Å². The van der Waals surface area contributed by atoms with Gasteiger partial charge in [0, 0.05) is 38.5 Å². The summed E-state index contributed by atoms with van der Waals surface area (Å²) in [5.41, 5.74) is 0. The van der Waals surface area contributed by atoms with Gasteiger partial charge in [-0.3, -0.25) is 9.59 Å². The Kier molecular flexibility index (Phi) is 18.0. The molecule has 3 rings (SSSR count). The highest BCUT2D eigenvalue weighted by atomic mass is 16.7. The Labute approximate surface area is 248 Å². The van der Waals surface area contributed by atoms with Crippen LogP contribution in [0.2, 0.25) is 0 Å². The maximum Gasteiger partial charge on any atom is 0.243 e. The van der Waals surface area contributed by atoms with Gasteiger partial charge in [0.2, 0.25) is 11.8 Å². The summed E-state index contributed by atoms with van der Waals surface area (Å²) in [5, 5.41) is 6.19. The Bertz CT molecular complexity index is 699. The third-order valence-corrected chi connectivity index (χ3v) is 8.12. The largest absolute Gasteiger partial charge is 0.353 e. The second-order valence-electron chi connectivity index (χ2n) is 11.7. The SMILES string of the molecule is O=C(C=CCCCCCCOC1CCCCO1)N[C@H]1CCC[C@H]1NC(=O)C=CCCCCCCOC1CCCCO1. The normalized spacial score (nSPS) is 25.2. The molecule has 8 nitrogen and oxygen atoms in total. The summed E-state index contributed by atoms with van der Waals surface area (Å²) >= 11 is 0. The number of hydrogen-bond acceptors (Lipinski definition) is 6. The maximum absolute atomic E-state index is 12.4. The summed E-state index contributed by atoms with van der Waals surface area (Å²) in [6, 6.07) is -0.00209. The zero-order chi connectivity index (χ0) is 28.8. The van der Waals surface area contributed by atoms with Gasteiger partial charge < -0.3 is 29.6 Å². The molecule has 0 radical (unpaired) electrons. The summed E-state index contributed by atoms with van der Waals surface area (Å²) in [7, 11) is 0. The third-order valence-electron chi connectivity index (χ3n) is 8.12. The molecule has 1 aliphatic carbocycles. The molecular formula is C33H56N2O6. The number of hydrogen-bond donors (Lipinski definition) is 2. The Balaban J connectivity index is 1.14. The van der Waals surface area contributed by atoms with Gasteiger partial charge in [-0.05, 0) is 108 Å². The molecule has 3 fully saturated rings. The fourth-order valence-corrected chi connectivity index (χ4v) is 5.70. The van der Waals surface area contributed by atoms with Crippen molar-refractivity contribution in [3.63, 3.8) is 0 Å². The molecule has 1 saturated carbocycles. The van der Waals surface area contributed by atoms with Gasteiger partial charge >= 0.3 is 0 Å². The predicted octanol–water partition coefficient (Wildman–Crippen LogP) is 6.24. The van der Waals surface area contributed by atoms with Crippen molar-refractivity contribution in [2.45, 2.75) is 147 Å². The van der Waals surface area contributed by atoms with Crippen molar-refractivity contribution in [3.8, 4) is 0 Å². The van der Waals surface area contributed by atoms with E-state index in [0.29, 0.717) is 0 Å². The lowest BCUT2D eigenvalue weighted by molar-refractivity contribution is -0.163. The molecule has 2 N–H and O–H groups in total. The first-order chi connectivity index (χ1) is 20.2. The van der Waals surface area contributed by atoms with E-state index in [1.807, 2.05) is 12.2 Å². The molecule has 41 heavy (non-hydrogen) atoms. The van der Waals surface area contributed by atoms with E-state index in [1.165, 1.54) is 12.8 Å². The Morgan fingerprint density at radius 3 is 1.49 bits per heavy atom. The van der Waals surface area contributed by atoms with Gasteiger partial charge in [-0.2, -0.15) is 0 Å². The molecule has 2 unspecified atom stereocenters. The minimum atomic E-state index is -0.0655. The Hall–Kier alpha value is -1.74. The number of carbonyl (C=O) groups excluding carboxylic acids is 2. The third kappa shape index (κ3) is 15.9. The molecule has 8 heteroatoms. The molecule has 2 amide bonds. The van der Waals surface area contributed by atoms with Crippen LogP contribution in [0, 0.1) is 0 Å². The highest BCUT2D eigenvalue weighted by Crippen LogP contribution is 2.20. The lowest BCUT2D eigenvalue weighted by Gasteiger charge is -2.22. The fraction of sp³-hybridized carbons (Fsp3) is 0.818. The van der Waals surface area contributed by atoms with E-state index in [2.05, 4.69) is 10.6 Å². The Morgan fingerprint density at radius 2 is 1.05 bits per heavy atom. The molecule has 0 spiro atoms. The van der Waals surface area contributed by atoms with Crippen LogP contribution in [-0.4, -0.2) is 62.9 Å². The van der Waals surface area contributed by atoms with E-state index < -0.39 is 0 Å². The highest BCUT2D eigenvalue weighted by molar-refractivity contribution is 5.89. The van der Waals surface area contributed by atoms with Crippen molar-refractivity contribution in [2.75, 3.05) is 26.4 Å². The minimum Gasteiger partial charge on any atom is -0.353 e. The van der Waals surface area contributed by atoms with Crippen LogP contribution in [0.1, 0.15) is 122 Å². The summed E-state index contributed by atoms with van der Waals surface area (Å²) in [6.45, 7) is 3.19. The molecular weight excluding hydrogens is 520 g/mol. The number of nitrogens with one attached hydrogen (secondary N) is 2. The van der Waals surface area contributed by atoms with Crippen molar-refractivity contribution >= 4 is 11.8 Å². The lowest BCUT2D eigenvalue weighted by Crippen LogP contribution is -2.47. The van der Waals surface area contributed by atoms with Gasteiger partial charge in [0.05, 0.1) is 0 Å². The van der Waals surface area contributed by atoms with Crippen LogP contribution in [0.4, 0.5) is 0 Å². The summed E-state index contributed by atoms with van der Waals surface area (Å²) in [4.78, 5) is 24.8. The van der Waals surface area contributed by atoms with E-state index >= 15 is 0 Å². The van der Waals surface area contributed by atoms with Crippen molar-refractivity contribution in [1.82, 2.24) is 10.6 Å². The average molecular weight is 577 g/mol. The molecule has 3 aliphatic rings. The average Bonchev–Trinajstić information content (AvgIpc) is 3.42. The van der Waals surface area contributed by atoms with E-state index in [-0.39, 0.29) is 36.5 Å². The molecule has 0 aromatic rings. The fourth-order valence-electron chi connectivity index (χ4n) is 5.70. The first-order valence-electron chi connectivity index (χ1n) is 16.6. The number of ether oxygens (including phenoxy) is 4. The molecule has 2 heterocycles. The van der Waals surface area contributed by atoms with Gasteiger partial charge in [0.1, 0.15) is 0 Å². The quantitative estimate of drug-likeness (QED) is 0.132. The molecule has 2 aliphatic heterocycles. The number of amides is 2. The second-order valence-corrected chi connectivity index (χ2v) is 11.7. The van der Waals surface area contributed by atoms with Crippen LogP contribution in [0.25, 0.3) is 0 Å². The molecule has 0 bridgehead atoms. The monoisotopic (exact) mass is 576 g/mol. The highest BCUT2D eigenvalue weighted by Gasteiger charge is 2.28. The molecule has 4 atom stereocenters. The topological polar surface area (TPSA) is 95.1 Å². The Morgan fingerprint density at radius 1 is 0.585 bits per heavy atom. The first kappa shape index (κ1) is 33.8. The van der Waals surface area contributed by atoms with Crippen LogP contribution in [0.5, 0.6) is 0 Å². The minimum absolute atomic E-state index is 0.00104. The van der Waals surface area contributed by atoms with E-state index in [0.717, 1.165) is 136 Å². The number of unbranched alkanes of at least 4 members (excludes halogenated alkanes) is 8. The van der Waals surface area contributed by atoms with Gasteiger partial charge in [0.15, 0.2) is 12.6 Å².